The molecule has 1 fully saturated rings. The minimum atomic E-state index is -1.82. The molecule has 34 heavy (non-hydrogen) atoms. The molecule has 0 spiro atoms. The molecule has 0 bridgehead atoms. The Morgan fingerprint density at radius 1 is 1.09 bits per heavy atom. The molecule has 0 aromatic heterocycles. The first-order chi connectivity index (χ1) is 16.4. The van der Waals surface area contributed by atoms with E-state index in [0.29, 0.717) is 25.2 Å². The molecule has 2 aromatic carbocycles. The van der Waals surface area contributed by atoms with E-state index >= 15 is 0 Å². The number of carbonyl (C=O) groups is 2. The fourth-order valence-electron chi connectivity index (χ4n) is 4.85. The minimum absolute atomic E-state index is 0.183. The first-order valence-electron chi connectivity index (χ1n) is 11.6. The zero-order chi connectivity index (χ0) is 24.2. The van der Waals surface area contributed by atoms with Crippen LogP contribution < -0.4 is 10.2 Å². The number of nitriles is 1. The summed E-state index contributed by atoms with van der Waals surface area (Å²) < 4.78 is 0. The number of amides is 2. The molecule has 0 aliphatic carbocycles. The van der Waals surface area contributed by atoms with E-state index < -0.39 is 24.0 Å². The molecular weight excluding hydrogens is 432 g/mol. The number of nitrogens with one attached hydrogen (secondary N) is 1. The van der Waals surface area contributed by atoms with Crippen molar-refractivity contribution in [2.24, 2.45) is 11.8 Å². The second kappa shape index (κ2) is 10.2. The fourth-order valence-corrected chi connectivity index (χ4v) is 4.85. The highest BCUT2D eigenvalue weighted by atomic mass is 16.3. The van der Waals surface area contributed by atoms with Crippen LogP contribution in [0.3, 0.4) is 0 Å². The molecule has 1 unspecified atom stereocenters. The number of piperidine rings is 1. The number of aliphatic hydroxyl groups is 2. The number of aliphatic hydroxyl groups excluding tert-OH is 2. The van der Waals surface area contributed by atoms with Crippen LogP contribution in [0.25, 0.3) is 0 Å². The smallest absolute Gasteiger partial charge is 0.255 e. The Hall–Kier alpha value is -3.41. The molecule has 8 nitrogen and oxygen atoms in total. The van der Waals surface area contributed by atoms with Gasteiger partial charge in [0.05, 0.1) is 11.3 Å². The largest absolute Gasteiger partial charge is 0.380 e. The first-order valence-corrected chi connectivity index (χ1v) is 11.6. The third-order valence-electron chi connectivity index (χ3n) is 6.96. The molecule has 0 radical (unpaired) electrons. The van der Waals surface area contributed by atoms with Crippen LogP contribution in [0.15, 0.2) is 48.5 Å². The maximum Gasteiger partial charge on any atom is 0.255 e. The summed E-state index contributed by atoms with van der Waals surface area (Å²) in [6.07, 6.45) is -2.82. The molecule has 2 amide bonds. The first kappa shape index (κ1) is 23.7. The highest BCUT2D eigenvalue weighted by Crippen LogP contribution is 2.29. The van der Waals surface area contributed by atoms with Gasteiger partial charge in [-0.05, 0) is 41.5 Å². The number of anilines is 1. The van der Waals surface area contributed by atoms with Crippen molar-refractivity contribution in [2.75, 3.05) is 24.5 Å². The number of benzene rings is 2. The lowest BCUT2D eigenvalue weighted by Crippen LogP contribution is -2.51. The topological polar surface area (TPSA) is 117 Å². The van der Waals surface area contributed by atoms with Crippen molar-refractivity contribution in [2.45, 2.75) is 38.6 Å². The lowest BCUT2D eigenvalue weighted by atomic mass is 9.86. The number of para-hydroxylation sites is 1. The predicted octanol–water partition coefficient (Wildman–Crippen LogP) is 1.40. The van der Waals surface area contributed by atoms with E-state index in [0.717, 1.165) is 36.3 Å². The summed E-state index contributed by atoms with van der Waals surface area (Å²) in [6, 6.07) is 17.4. The summed E-state index contributed by atoms with van der Waals surface area (Å²) in [5.74, 6) is -0.978. The van der Waals surface area contributed by atoms with Crippen molar-refractivity contribution in [1.82, 2.24) is 10.2 Å². The predicted molar refractivity (Wildman–Crippen MR) is 126 cm³/mol. The Morgan fingerprint density at radius 2 is 1.74 bits per heavy atom. The quantitative estimate of drug-likeness (QED) is 0.598. The van der Waals surface area contributed by atoms with Crippen molar-refractivity contribution < 1.29 is 19.8 Å². The third-order valence-corrected chi connectivity index (χ3v) is 6.96. The Bertz CT molecular complexity index is 1070. The highest BCUT2D eigenvalue weighted by Gasteiger charge is 2.36. The SMILES string of the molecule is C[C@H]1CN(c2ccccc2C#N)CCC1CNC(=O)[C@H](O)[C@@H](O)C(=O)N1Cc2ccccc2C1. The lowest BCUT2D eigenvalue weighted by Gasteiger charge is -2.38. The summed E-state index contributed by atoms with van der Waals surface area (Å²) >= 11 is 0. The van der Waals surface area contributed by atoms with Gasteiger partial charge in [-0.2, -0.15) is 5.26 Å². The van der Waals surface area contributed by atoms with E-state index in [1.54, 1.807) is 6.07 Å². The Balaban J connectivity index is 1.27. The van der Waals surface area contributed by atoms with Crippen LogP contribution >= 0.6 is 0 Å². The number of hydrogen-bond donors (Lipinski definition) is 3. The van der Waals surface area contributed by atoms with Gasteiger partial charge in [0.25, 0.3) is 11.8 Å². The van der Waals surface area contributed by atoms with Crippen LogP contribution in [0.2, 0.25) is 0 Å². The van der Waals surface area contributed by atoms with Gasteiger partial charge in [0, 0.05) is 32.7 Å². The standard InChI is InChI=1S/C26H30N4O4/c1-17-14-29(22-9-5-4-6-18(22)12-27)11-10-19(17)13-28-25(33)23(31)24(32)26(34)30-15-20-7-2-3-8-21(20)16-30/h2-9,17,19,23-24,31-32H,10-11,13-16H2,1H3,(H,28,33)/t17-,19?,23+,24+/m0/s1. The Labute approximate surface area is 199 Å². The number of fused-ring (bicyclic) bond motifs is 1. The minimum Gasteiger partial charge on any atom is -0.380 e. The summed E-state index contributed by atoms with van der Waals surface area (Å²) in [4.78, 5) is 28.8. The molecule has 2 aromatic rings. The normalized spacial score (nSPS) is 21.4. The van der Waals surface area contributed by atoms with Crippen LogP contribution in [0, 0.1) is 23.2 Å². The number of carbonyl (C=O) groups excluding carboxylic acids is 2. The van der Waals surface area contributed by atoms with E-state index in [1.165, 1.54) is 4.90 Å². The molecule has 178 valence electrons. The van der Waals surface area contributed by atoms with E-state index in [9.17, 15) is 25.1 Å². The fraction of sp³-hybridized carbons (Fsp3) is 0.423. The van der Waals surface area contributed by atoms with Crippen molar-refractivity contribution in [3.63, 3.8) is 0 Å². The van der Waals surface area contributed by atoms with Gasteiger partial charge >= 0.3 is 0 Å². The molecule has 2 heterocycles. The lowest BCUT2D eigenvalue weighted by molar-refractivity contribution is -0.153. The van der Waals surface area contributed by atoms with Gasteiger partial charge in [-0.15, -0.1) is 0 Å². The van der Waals surface area contributed by atoms with Crippen LogP contribution in [0.1, 0.15) is 30.0 Å². The summed E-state index contributed by atoms with van der Waals surface area (Å²) in [6.45, 7) is 4.65. The van der Waals surface area contributed by atoms with Gasteiger partial charge in [0.2, 0.25) is 0 Å². The van der Waals surface area contributed by atoms with Gasteiger partial charge in [-0.1, -0.05) is 43.3 Å². The molecular formula is C26H30N4O4. The van der Waals surface area contributed by atoms with Gasteiger partial charge in [0.1, 0.15) is 6.07 Å². The maximum atomic E-state index is 12.6. The summed E-state index contributed by atoms with van der Waals surface area (Å²) in [5.41, 5.74) is 3.56. The molecule has 3 N–H and O–H groups in total. The molecule has 2 aliphatic heterocycles. The molecule has 8 heteroatoms. The van der Waals surface area contributed by atoms with Crippen molar-refractivity contribution in [3.05, 3.63) is 65.2 Å². The van der Waals surface area contributed by atoms with Crippen LogP contribution in [0.4, 0.5) is 5.69 Å². The second-order valence-corrected chi connectivity index (χ2v) is 9.20. The van der Waals surface area contributed by atoms with Gasteiger partial charge < -0.3 is 25.3 Å². The van der Waals surface area contributed by atoms with Crippen molar-refractivity contribution in [3.8, 4) is 6.07 Å². The molecule has 4 atom stereocenters. The average Bonchev–Trinajstić information content (AvgIpc) is 3.30. The number of nitrogens with zero attached hydrogens (tertiary/aromatic N) is 3. The average molecular weight is 463 g/mol. The zero-order valence-corrected chi connectivity index (χ0v) is 19.2. The van der Waals surface area contributed by atoms with E-state index in [2.05, 4.69) is 23.2 Å². The maximum absolute atomic E-state index is 12.6. The molecule has 2 aliphatic rings. The molecule has 4 rings (SSSR count). The van der Waals surface area contributed by atoms with E-state index in [-0.39, 0.29) is 11.8 Å². The van der Waals surface area contributed by atoms with Crippen LogP contribution in [-0.4, -0.2) is 58.8 Å². The number of rotatable bonds is 6. The Morgan fingerprint density at radius 3 is 2.38 bits per heavy atom. The van der Waals surface area contributed by atoms with Crippen LogP contribution in [0.5, 0.6) is 0 Å². The second-order valence-electron chi connectivity index (χ2n) is 9.20. The third kappa shape index (κ3) is 4.91. The summed E-state index contributed by atoms with van der Waals surface area (Å²) in [5, 5.41) is 32.8. The van der Waals surface area contributed by atoms with Gasteiger partial charge in [-0.3, -0.25) is 9.59 Å². The van der Waals surface area contributed by atoms with E-state index in [1.807, 2.05) is 42.5 Å². The van der Waals surface area contributed by atoms with Crippen molar-refractivity contribution in [1.29, 1.82) is 5.26 Å². The number of hydrogen-bond acceptors (Lipinski definition) is 6. The van der Waals surface area contributed by atoms with Gasteiger partial charge in [-0.25, -0.2) is 0 Å². The van der Waals surface area contributed by atoms with Crippen LogP contribution in [-0.2, 0) is 22.7 Å². The summed E-state index contributed by atoms with van der Waals surface area (Å²) in [7, 11) is 0. The zero-order valence-electron chi connectivity index (χ0n) is 19.2. The van der Waals surface area contributed by atoms with E-state index in [4.69, 9.17) is 0 Å². The molecule has 1 saturated heterocycles. The molecule has 0 saturated carbocycles. The monoisotopic (exact) mass is 462 g/mol. The van der Waals surface area contributed by atoms with Crippen molar-refractivity contribution >= 4 is 17.5 Å². The highest BCUT2D eigenvalue weighted by molar-refractivity contribution is 5.91. The Kier molecular flexibility index (Phi) is 7.15. The van der Waals surface area contributed by atoms with Gasteiger partial charge in [0.15, 0.2) is 12.2 Å².